The Hall–Kier alpha value is 1.55. The zero-order valence-corrected chi connectivity index (χ0v) is 38.4. The van der Waals surface area contributed by atoms with Crippen molar-refractivity contribution in [2.75, 3.05) is 54.1 Å². The van der Waals surface area contributed by atoms with Gasteiger partial charge in [-0.3, -0.25) is 0 Å². The van der Waals surface area contributed by atoms with Gasteiger partial charge in [0, 0.05) is 66.8 Å². The second kappa shape index (κ2) is 24.7. The molecule has 0 unspecified atom stereocenters. The zero-order chi connectivity index (χ0) is 32.3. The molecule has 22 heteroatoms. The molecule has 0 fully saturated rings. The summed E-state index contributed by atoms with van der Waals surface area (Å²) in [7, 11) is -17.7. The molecule has 1 aliphatic rings. The Kier molecular flexibility index (Phi) is 27.8. The third kappa shape index (κ3) is 26.0. The fraction of sp³-hybridized carbons (Fsp3) is 0.480. The normalized spacial score (nSPS) is 13.0. The van der Waals surface area contributed by atoms with E-state index < -0.39 is 63.5 Å². The van der Waals surface area contributed by atoms with E-state index in [0.29, 0.717) is 11.4 Å². The topological polar surface area (TPSA) is 235 Å². The van der Waals surface area contributed by atoms with E-state index in [9.17, 15) is 51.9 Å². The van der Waals surface area contributed by atoms with Crippen molar-refractivity contribution in [1.29, 1.82) is 0 Å². The van der Waals surface area contributed by atoms with Crippen LogP contribution in [-0.2, 0) is 40.5 Å². The summed E-state index contributed by atoms with van der Waals surface area (Å²) in [6.07, 6.45) is 8.91. The summed E-state index contributed by atoms with van der Waals surface area (Å²) in [4.78, 5) is 1.69. The van der Waals surface area contributed by atoms with Gasteiger partial charge in [-0.05, 0) is 54.3 Å². The third-order valence-electron chi connectivity index (χ3n) is 6.14. The van der Waals surface area contributed by atoms with Gasteiger partial charge >= 0.3 is 118 Å². The van der Waals surface area contributed by atoms with Crippen molar-refractivity contribution in [2.45, 2.75) is 25.7 Å². The molecule has 47 heavy (non-hydrogen) atoms. The molecule has 0 saturated carbocycles. The van der Waals surface area contributed by atoms with Crippen molar-refractivity contribution >= 4 is 57.9 Å². The Labute approximate surface area is 366 Å². The Morgan fingerprint density at radius 2 is 0.915 bits per heavy atom. The Balaban J connectivity index is -0.00000484. The van der Waals surface area contributed by atoms with Crippen LogP contribution in [0.15, 0.2) is 54.1 Å². The van der Waals surface area contributed by atoms with Crippen LogP contribution >= 0.6 is 0 Å². The fourth-order valence-corrected chi connectivity index (χ4v) is 6.15. The van der Waals surface area contributed by atoms with Crippen LogP contribution < -0.4 is 123 Å². The van der Waals surface area contributed by atoms with Gasteiger partial charge in [0.25, 0.3) is 0 Å². The molecule has 0 heterocycles. The molecule has 0 N–H and O–H groups in total. The number of rotatable bonds is 18. The Morgan fingerprint density at radius 3 is 1.28 bits per heavy atom. The van der Waals surface area contributed by atoms with Crippen LogP contribution in [0.25, 0.3) is 6.08 Å². The van der Waals surface area contributed by atoms with Crippen LogP contribution in [0, 0.1) is 0 Å². The second-order valence-electron chi connectivity index (χ2n) is 9.76. The Morgan fingerprint density at radius 1 is 0.553 bits per heavy atom. The zero-order valence-electron chi connectivity index (χ0n) is 27.1. The number of allylic oxidation sites excluding steroid dienone is 5. The molecule has 0 atom stereocenters. The maximum absolute atomic E-state index is 11.0. The van der Waals surface area contributed by atoms with E-state index in [4.69, 9.17) is 0 Å². The third-order valence-corrected chi connectivity index (χ3v) is 9.29. The van der Waals surface area contributed by atoms with Gasteiger partial charge in [0.15, 0.2) is 5.71 Å². The summed E-state index contributed by atoms with van der Waals surface area (Å²) in [6.45, 7) is 0.623. The fourth-order valence-electron chi connectivity index (χ4n) is 4.22. The van der Waals surface area contributed by atoms with Gasteiger partial charge in [0.1, 0.15) is 13.1 Å². The number of hydrogen-bond donors (Lipinski definition) is 0. The van der Waals surface area contributed by atoms with Gasteiger partial charge in [-0.2, -0.15) is 0 Å². The minimum Gasteiger partial charge on any atom is -0.748 e. The van der Waals surface area contributed by atoms with Gasteiger partial charge in [0.05, 0.1) is 40.5 Å². The quantitative estimate of drug-likeness (QED) is 0.0767. The van der Waals surface area contributed by atoms with E-state index in [2.05, 4.69) is 0 Å². The standard InChI is InChI=1S/C25H36N2O12S4.4Na/c28-40(29,30)17-1-13-26(14-2-18-41(31,32)33)24-9-5-22(6-10-24)21-23-7-11-25(12-8-23)27(15-3-19-42(34,35)36)16-4-20-43(37,38)39;;;;/h5-12,21H,1-4,13-20H2,(H3-,28,29,30,31,32,33,34,35,36,37,38,39);;;;/q;4*+1/p-3. The van der Waals surface area contributed by atoms with Gasteiger partial charge in [-0.25, -0.2) is 38.2 Å². The van der Waals surface area contributed by atoms with Crippen LogP contribution in [0.3, 0.4) is 0 Å². The molecule has 2 rings (SSSR count). The van der Waals surface area contributed by atoms with Crippen molar-refractivity contribution < 1.29 is 175 Å². The van der Waals surface area contributed by atoms with E-state index in [1.165, 1.54) is 0 Å². The van der Waals surface area contributed by atoms with Crippen molar-refractivity contribution in [3.8, 4) is 0 Å². The van der Waals surface area contributed by atoms with Crippen LogP contribution in [0.4, 0.5) is 5.69 Å². The maximum atomic E-state index is 11.0. The summed E-state index contributed by atoms with van der Waals surface area (Å²) in [5.41, 5.74) is 2.82. The van der Waals surface area contributed by atoms with Gasteiger partial charge in [0.2, 0.25) is 0 Å². The molecular formula is C25H33N2Na4O12S4+. The molecule has 242 valence electrons. The first-order valence-electron chi connectivity index (χ1n) is 13.1. The van der Waals surface area contributed by atoms with Crippen molar-refractivity contribution in [2.24, 2.45) is 0 Å². The van der Waals surface area contributed by atoms with Gasteiger partial charge in [-0.15, -0.1) is 0 Å². The number of nitrogens with zero attached hydrogens (tertiary/aromatic N) is 2. The summed E-state index contributed by atoms with van der Waals surface area (Å²) < 4.78 is 133. The minimum atomic E-state index is -4.42. The predicted octanol–water partition coefficient (Wildman–Crippen LogP) is -11.8. The minimum absolute atomic E-state index is 0. The first kappa shape index (κ1) is 52.9. The van der Waals surface area contributed by atoms with E-state index in [-0.39, 0.29) is 170 Å². The van der Waals surface area contributed by atoms with Gasteiger partial charge < -0.3 is 23.1 Å². The first-order valence-corrected chi connectivity index (χ1v) is 19.4. The summed E-state index contributed by atoms with van der Waals surface area (Å²) in [5, 5.41) is 0. The molecule has 0 saturated heterocycles. The molecule has 0 aromatic heterocycles. The Bertz CT molecular complexity index is 1580. The smallest absolute Gasteiger partial charge is 0.748 e. The van der Waals surface area contributed by atoms with Crippen molar-refractivity contribution in [1.82, 2.24) is 0 Å². The molecule has 0 aliphatic heterocycles. The van der Waals surface area contributed by atoms with Crippen LogP contribution in [0.2, 0.25) is 0 Å². The molecule has 1 aromatic rings. The second-order valence-corrected chi connectivity index (χ2v) is 15.9. The molecular weight excluding hydrogens is 741 g/mol. The van der Waals surface area contributed by atoms with E-state index in [1.54, 1.807) is 58.0 Å². The van der Waals surface area contributed by atoms with Crippen LogP contribution in [0.1, 0.15) is 31.2 Å². The van der Waals surface area contributed by atoms with E-state index >= 15 is 0 Å². The molecule has 0 amide bonds. The largest absolute Gasteiger partial charge is 1.00 e. The molecule has 0 bridgehead atoms. The average molecular weight is 774 g/mol. The average Bonchev–Trinajstić information content (AvgIpc) is 2.85. The first-order chi connectivity index (χ1) is 19.8. The maximum Gasteiger partial charge on any atom is 1.00 e. The molecule has 1 aliphatic carbocycles. The van der Waals surface area contributed by atoms with Crippen LogP contribution in [0.5, 0.6) is 0 Å². The number of hydrogen-bond acceptors (Lipinski definition) is 13. The van der Waals surface area contributed by atoms with Crippen LogP contribution in [-0.4, -0.2) is 111 Å². The molecule has 14 nitrogen and oxygen atoms in total. The summed E-state index contributed by atoms with van der Waals surface area (Å²) in [6, 6.07) is 6.99. The van der Waals surface area contributed by atoms with Crippen molar-refractivity contribution in [3.05, 3.63) is 59.7 Å². The van der Waals surface area contributed by atoms with E-state index in [1.807, 2.05) is 6.08 Å². The summed E-state index contributed by atoms with van der Waals surface area (Å²) >= 11 is 0. The monoisotopic (exact) mass is 773 g/mol. The molecule has 0 radical (unpaired) electrons. The van der Waals surface area contributed by atoms with Gasteiger partial charge in [-0.1, -0.05) is 12.1 Å². The number of anilines is 1. The molecule has 1 aromatic carbocycles. The SMILES string of the molecule is O=S(=O)([O-])CCCN(CCCS(=O)(=O)[O-])c1ccc(C=C2C=CC(=[N+](CCCS(=O)(=O)[O-])CCCS(=O)(=O)[O-])C=C2)cc1.[Na+].[Na+].[Na+].[Na+]. The molecule has 0 spiro atoms. The summed E-state index contributed by atoms with van der Waals surface area (Å²) in [5.74, 6) is -2.34. The predicted molar refractivity (Wildman–Crippen MR) is 157 cm³/mol. The number of benzene rings is 1. The van der Waals surface area contributed by atoms with Crippen molar-refractivity contribution in [3.63, 3.8) is 0 Å². The van der Waals surface area contributed by atoms with E-state index in [0.717, 1.165) is 11.1 Å².